The molecule has 19 heavy (non-hydrogen) atoms. The van der Waals surface area contributed by atoms with Gasteiger partial charge in [0, 0.05) is 19.4 Å². The van der Waals surface area contributed by atoms with E-state index < -0.39 is 0 Å². The van der Waals surface area contributed by atoms with Crippen LogP contribution in [0.3, 0.4) is 0 Å². The van der Waals surface area contributed by atoms with Crippen molar-refractivity contribution in [3.63, 3.8) is 0 Å². The Bertz CT molecular complexity index is 506. The maximum Gasteiger partial charge on any atom is 0.220 e. The predicted octanol–water partition coefficient (Wildman–Crippen LogP) is 3.08. The molecule has 0 fully saturated rings. The zero-order valence-corrected chi connectivity index (χ0v) is 12.5. The molecule has 1 unspecified atom stereocenters. The number of hydrogen-bond acceptors (Lipinski definition) is 2. The minimum Gasteiger partial charge on any atom is -0.487 e. The number of carbonyl (C=O) groups excluding carboxylic acids is 1. The van der Waals surface area contributed by atoms with Crippen LogP contribution in [0.2, 0.25) is 0 Å². The molecule has 2 rings (SSSR count). The highest BCUT2D eigenvalue weighted by molar-refractivity contribution is 5.76. The summed E-state index contributed by atoms with van der Waals surface area (Å²) in [5.41, 5.74) is 3.35. The Morgan fingerprint density at radius 3 is 2.74 bits per heavy atom. The first-order chi connectivity index (χ1) is 8.82. The molecule has 0 saturated carbocycles. The second-order valence-electron chi connectivity index (χ2n) is 6.14. The van der Waals surface area contributed by atoms with E-state index in [-0.39, 0.29) is 17.4 Å². The van der Waals surface area contributed by atoms with E-state index in [1.807, 2.05) is 0 Å². The van der Waals surface area contributed by atoms with Crippen molar-refractivity contribution in [3.8, 4) is 5.75 Å². The summed E-state index contributed by atoms with van der Waals surface area (Å²) in [6.45, 7) is 8.34. The van der Waals surface area contributed by atoms with Crippen LogP contribution >= 0.6 is 0 Å². The fourth-order valence-corrected chi connectivity index (χ4v) is 2.96. The second-order valence-corrected chi connectivity index (χ2v) is 6.14. The van der Waals surface area contributed by atoms with E-state index >= 15 is 0 Å². The van der Waals surface area contributed by atoms with Gasteiger partial charge in [0.2, 0.25) is 5.91 Å². The van der Waals surface area contributed by atoms with Crippen molar-refractivity contribution in [2.24, 2.45) is 0 Å². The van der Waals surface area contributed by atoms with Gasteiger partial charge < -0.3 is 10.1 Å². The molecule has 1 aliphatic heterocycles. The molecule has 3 nitrogen and oxygen atoms in total. The van der Waals surface area contributed by atoms with Gasteiger partial charge in [-0.25, -0.2) is 0 Å². The van der Waals surface area contributed by atoms with E-state index in [0.717, 1.165) is 17.7 Å². The quantitative estimate of drug-likeness (QED) is 0.888. The molecule has 1 aromatic rings. The van der Waals surface area contributed by atoms with Crippen LogP contribution in [-0.4, -0.2) is 18.6 Å². The van der Waals surface area contributed by atoms with Crippen molar-refractivity contribution >= 4 is 5.91 Å². The van der Waals surface area contributed by atoms with Gasteiger partial charge in [0.15, 0.2) is 0 Å². The summed E-state index contributed by atoms with van der Waals surface area (Å²) < 4.78 is 6.12. The molecule has 0 spiro atoms. The lowest BCUT2D eigenvalue weighted by Crippen LogP contribution is -2.36. The van der Waals surface area contributed by atoms with Gasteiger partial charge in [0.1, 0.15) is 11.4 Å². The van der Waals surface area contributed by atoms with Gasteiger partial charge in [-0.15, -0.1) is 0 Å². The minimum absolute atomic E-state index is 0.0906. The third-order valence-electron chi connectivity index (χ3n) is 3.71. The molecular weight excluding hydrogens is 238 g/mol. The lowest BCUT2D eigenvalue weighted by Gasteiger charge is -2.38. The van der Waals surface area contributed by atoms with Crippen molar-refractivity contribution in [2.75, 3.05) is 7.05 Å². The summed E-state index contributed by atoms with van der Waals surface area (Å²) in [5, 5.41) is 2.72. The third-order valence-corrected chi connectivity index (χ3v) is 3.71. The maximum atomic E-state index is 11.7. The molecule has 1 atom stereocenters. The van der Waals surface area contributed by atoms with Crippen molar-refractivity contribution in [2.45, 2.75) is 52.1 Å². The lowest BCUT2D eigenvalue weighted by molar-refractivity contribution is -0.121. The number of aryl methyl sites for hydroxylation is 2. The van der Waals surface area contributed by atoms with Crippen LogP contribution in [0.4, 0.5) is 0 Å². The highest BCUT2D eigenvalue weighted by Gasteiger charge is 2.35. The van der Waals surface area contributed by atoms with Crippen LogP contribution < -0.4 is 10.1 Å². The molecule has 1 N–H and O–H groups in total. The zero-order chi connectivity index (χ0) is 14.2. The molecule has 0 saturated heterocycles. The van der Waals surface area contributed by atoms with Crippen molar-refractivity contribution in [1.82, 2.24) is 5.32 Å². The Balaban J connectivity index is 2.44. The number of nitrogens with one attached hydrogen (secondary N) is 1. The summed E-state index contributed by atoms with van der Waals surface area (Å²) >= 11 is 0. The second kappa shape index (κ2) is 4.87. The third kappa shape index (κ3) is 2.91. The average molecular weight is 261 g/mol. The van der Waals surface area contributed by atoms with Gasteiger partial charge in [0.25, 0.3) is 0 Å². The molecule has 0 aliphatic carbocycles. The van der Waals surface area contributed by atoms with Crippen LogP contribution in [0.25, 0.3) is 0 Å². The highest BCUT2D eigenvalue weighted by Crippen LogP contribution is 2.44. The number of ether oxygens (including phenoxy) is 1. The standard InChI is InChI=1S/C16H23NO2/c1-10-6-11(2)15-13(7-10)12(8-14(18)17-5)9-16(3,4)19-15/h6-7,12H,8-9H2,1-5H3,(H,17,18). The normalized spacial score (nSPS) is 20.4. The van der Waals surface area contributed by atoms with Crippen molar-refractivity contribution in [1.29, 1.82) is 0 Å². The van der Waals surface area contributed by atoms with Crippen LogP contribution in [0.15, 0.2) is 12.1 Å². The van der Waals surface area contributed by atoms with E-state index in [9.17, 15) is 4.79 Å². The van der Waals surface area contributed by atoms with Gasteiger partial charge >= 0.3 is 0 Å². The smallest absolute Gasteiger partial charge is 0.220 e. The minimum atomic E-state index is -0.217. The summed E-state index contributed by atoms with van der Waals surface area (Å²) in [7, 11) is 1.69. The number of fused-ring (bicyclic) bond motifs is 1. The largest absolute Gasteiger partial charge is 0.487 e. The van der Waals surface area contributed by atoms with Gasteiger partial charge in [-0.1, -0.05) is 17.7 Å². The molecule has 1 aromatic carbocycles. The number of hydrogen-bond donors (Lipinski definition) is 1. The topological polar surface area (TPSA) is 38.3 Å². The van der Waals surface area contributed by atoms with Gasteiger partial charge in [-0.3, -0.25) is 4.79 Å². The van der Waals surface area contributed by atoms with Crippen LogP contribution in [0.5, 0.6) is 5.75 Å². The summed E-state index contributed by atoms with van der Waals surface area (Å²) in [6, 6.07) is 4.29. The average Bonchev–Trinajstić information content (AvgIpc) is 2.30. The SMILES string of the molecule is CNC(=O)CC1CC(C)(C)Oc2c(C)cc(C)cc21. The van der Waals surface area contributed by atoms with Crippen molar-refractivity contribution in [3.05, 3.63) is 28.8 Å². The molecule has 104 valence electrons. The fourth-order valence-electron chi connectivity index (χ4n) is 2.96. The maximum absolute atomic E-state index is 11.7. The first-order valence-corrected chi connectivity index (χ1v) is 6.83. The monoisotopic (exact) mass is 261 g/mol. The summed E-state index contributed by atoms with van der Waals surface area (Å²) in [6.07, 6.45) is 1.40. The van der Waals surface area contributed by atoms with Crippen molar-refractivity contribution < 1.29 is 9.53 Å². The van der Waals surface area contributed by atoms with Gasteiger partial charge in [-0.05, 0) is 45.2 Å². The van der Waals surface area contributed by atoms with Gasteiger partial charge in [0.05, 0.1) is 0 Å². The number of carbonyl (C=O) groups is 1. The molecule has 0 aromatic heterocycles. The Morgan fingerprint density at radius 2 is 2.11 bits per heavy atom. The number of amides is 1. The van der Waals surface area contributed by atoms with Crippen LogP contribution in [0.1, 0.15) is 49.3 Å². The zero-order valence-electron chi connectivity index (χ0n) is 12.5. The molecule has 1 heterocycles. The Hall–Kier alpha value is -1.51. The molecule has 1 aliphatic rings. The molecule has 3 heteroatoms. The Kier molecular flexibility index (Phi) is 3.57. The fraction of sp³-hybridized carbons (Fsp3) is 0.562. The number of benzene rings is 1. The molecule has 1 amide bonds. The number of rotatable bonds is 2. The first-order valence-electron chi connectivity index (χ1n) is 6.83. The lowest BCUT2D eigenvalue weighted by atomic mass is 9.81. The van der Waals surface area contributed by atoms with Crippen LogP contribution in [0, 0.1) is 13.8 Å². The highest BCUT2D eigenvalue weighted by atomic mass is 16.5. The Labute approximate surface area is 115 Å². The van der Waals surface area contributed by atoms with E-state index in [0.29, 0.717) is 6.42 Å². The molecular formula is C16H23NO2. The summed E-state index contributed by atoms with van der Waals surface area (Å²) in [5.74, 6) is 1.29. The molecule has 0 bridgehead atoms. The predicted molar refractivity (Wildman–Crippen MR) is 76.7 cm³/mol. The molecule has 0 radical (unpaired) electrons. The van der Waals surface area contributed by atoms with E-state index in [1.54, 1.807) is 7.05 Å². The van der Waals surface area contributed by atoms with E-state index in [4.69, 9.17) is 4.74 Å². The first kappa shape index (κ1) is 13.9. The Morgan fingerprint density at radius 1 is 1.42 bits per heavy atom. The summed E-state index contributed by atoms with van der Waals surface area (Å²) in [4.78, 5) is 11.7. The van der Waals surface area contributed by atoms with Crippen LogP contribution in [-0.2, 0) is 4.79 Å². The van der Waals surface area contributed by atoms with Gasteiger partial charge in [-0.2, -0.15) is 0 Å². The van der Waals surface area contributed by atoms with E-state index in [1.165, 1.54) is 11.1 Å². The van der Waals surface area contributed by atoms with E-state index in [2.05, 4.69) is 45.1 Å².